The zero-order valence-electron chi connectivity index (χ0n) is 15.8. The van der Waals surface area contributed by atoms with E-state index in [0.717, 1.165) is 25.7 Å². The molecule has 3 heterocycles. The second kappa shape index (κ2) is 8.10. The summed E-state index contributed by atoms with van der Waals surface area (Å²) in [6, 6.07) is 0.102. The van der Waals surface area contributed by atoms with Crippen LogP contribution in [0.25, 0.3) is 0 Å². The third-order valence-electron chi connectivity index (χ3n) is 4.86. The topological polar surface area (TPSA) is 98.4 Å². The summed E-state index contributed by atoms with van der Waals surface area (Å²) >= 11 is 0. The van der Waals surface area contributed by atoms with E-state index in [9.17, 15) is 9.59 Å². The summed E-state index contributed by atoms with van der Waals surface area (Å²) in [5.74, 6) is 0.149. The highest BCUT2D eigenvalue weighted by atomic mass is 16.7. The highest BCUT2D eigenvalue weighted by Crippen LogP contribution is 2.36. The lowest BCUT2D eigenvalue weighted by Crippen LogP contribution is -2.41. The van der Waals surface area contributed by atoms with Crippen molar-refractivity contribution in [3.63, 3.8) is 0 Å². The molecule has 3 aliphatic rings. The van der Waals surface area contributed by atoms with Crippen molar-refractivity contribution in [2.45, 2.75) is 83.0 Å². The van der Waals surface area contributed by atoms with Crippen LogP contribution in [0.5, 0.6) is 0 Å². The van der Waals surface area contributed by atoms with Gasteiger partial charge in [0, 0.05) is 18.4 Å². The predicted octanol–water partition coefficient (Wildman–Crippen LogP) is 1.67. The number of carbonyl (C=O) groups excluding carboxylic acids is 2. The van der Waals surface area contributed by atoms with Gasteiger partial charge in [-0.15, -0.1) is 0 Å². The first kappa shape index (κ1) is 19.4. The maximum Gasteiger partial charge on any atom is 0.409 e. The minimum absolute atomic E-state index is 0.0424. The van der Waals surface area contributed by atoms with Crippen LogP contribution in [0.4, 0.5) is 4.79 Å². The van der Waals surface area contributed by atoms with Crippen molar-refractivity contribution in [3.8, 4) is 0 Å². The number of amides is 2. The van der Waals surface area contributed by atoms with Gasteiger partial charge in [0.25, 0.3) is 0 Å². The molecule has 5 unspecified atom stereocenters. The molecule has 26 heavy (non-hydrogen) atoms. The number of hydrogen-bond acceptors (Lipinski definition) is 6. The molecule has 3 rings (SSSR count). The van der Waals surface area contributed by atoms with E-state index >= 15 is 0 Å². The van der Waals surface area contributed by atoms with Crippen LogP contribution >= 0.6 is 0 Å². The Labute approximate surface area is 154 Å². The van der Waals surface area contributed by atoms with E-state index in [1.807, 2.05) is 20.8 Å². The fraction of sp³-hybridized carbons (Fsp3) is 0.889. The van der Waals surface area contributed by atoms with Gasteiger partial charge in [-0.05, 0) is 40.0 Å². The average molecular weight is 370 g/mol. The molecule has 8 nitrogen and oxygen atoms in total. The molecule has 0 aromatic carbocycles. The molecule has 0 saturated carbocycles. The van der Waals surface area contributed by atoms with Gasteiger partial charge in [-0.2, -0.15) is 0 Å². The van der Waals surface area contributed by atoms with Gasteiger partial charge in [-0.1, -0.05) is 6.42 Å². The van der Waals surface area contributed by atoms with E-state index in [1.54, 1.807) is 0 Å². The molecule has 3 fully saturated rings. The molecule has 0 aromatic rings. The second-order valence-electron chi connectivity index (χ2n) is 8.27. The quantitative estimate of drug-likeness (QED) is 0.715. The predicted molar refractivity (Wildman–Crippen MR) is 92.2 cm³/mol. The number of hydrogen-bond donors (Lipinski definition) is 2. The summed E-state index contributed by atoms with van der Waals surface area (Å²) in [6.45, 7) is 6.23. The number of epoxide rings is 1. The van der Waals surface area contributed by atoms with E-state index < -0.39 is 11.7 Å². The Kier molecular flexibility index (Phi) is 6.04. The van der Waals surface area contributed by atoms with Crippen molar-refractivity contribution in [2.75, 3.05) is 13.4 Å². The summed E-state index contributed by atoms with van der Waals surface area (Å²) in [7, 11) is 0. The van der Waals surface area contributed by atoms with Crippen molar-refractivity contribution in [1.29, 1.82) is 0 Å². The van der Waals surface area contributed by atoms with E-state index in [0.29, 0.717) is 13.0 Å². The van der Waals surface area contributed by atoms with Crippen LogP contribution in [0.2, 0.25) is 0 Å². The summed E-state index contributed by atoms with van der Waals surface area (Å²) in [6.07, 6.45) is 3.12. The Morgan fingerprint density at radius 2 is 2.19 bits per heavy atom. The van der Waals surface area contributed by atoms with Crippen molar-refractivity contribution in [1.82, 2.24) is 10.6 Å². The third-order valence-corrected chi connectivity index (χ3v) is 4.86. The Bertz CT molecular complexity index is 514. The first-order chi connectivity index (χ1) is 12.3. The lowest BCUT2D eigenvalue weighted by molar-refractivity contribution is -0.121. The van der Waals surface area contributed by atoms with Crippen LogP contribution < -0.4 is 10.6 Å². The fourth-order valence-corrected chi connectivity index (χ4v) is 3.64. The monoisotopic (exact) mass is 370 g/mol. The smallest absolute Gasteiger partial charge is 0.409 e. The maximum absolute atomic E-state index is 12.0. The van der Waals surface area contributed by atoms with Crippen LogP contribution in [-0.4, -0.2) is 55.5 Å². The molecule has 2 N–H and O–H groups in total. The molecule has 3 saturated heterocycles. The molecule has 0 aromatic heterocycles. The zero-order chi connectivity index (χ0) is 18.7. The Morgan fingerprint density at radius 1 is 1.38 bits per heavy atom. The van der Waals surface area contributed by atoms with Crippen LogP contribution in [0.1, 0.15) is 52.9 Å². The van der Waals surface area contributed by atoms with Gasteiger partial charge in [0.05, 0.1) is 12.7 Å². The van der Waals surface area contributed by atoms with Gasteiger partial charge >= 0.3 is 6.09 Å². The van der Waals surface area contributed by atoms with Crippen LogP contribution in [0.15, 0.2) is 0 Å². The Morgan fingerprint density at radius 3 is 2.88 bits per heavy atom. The molecule has 0 aliphatic carbocycles. The van der Waals surface area contributed by atoms with Gasteiger partial charge in [0.1, 0.15) is 18.5 Å². The lowest BCUT2D eigenvalue weighted by Gasteiger charge is -2.25. The van der Waals surface area contributed by atoms with Gasteiger partial charge in [-0.3, -0.25) is 10.1 Å². The van der Waals surface area contributed by atoms with E-state index in [4.69, 9.17) is 18.9 Å². The standard InChI is InChI=1S/C18H30N2O6/c1-18(2,3)26-17(22)20-16-15(25-16)12(13-9-23-10-24-13)8-11-6-4-5-7-14(21)19-11/h11-13,15-16H,4-10H2,1-3H3,(H,19,21)(H,20,22). The number of carbonyl (C=O) groups is 2. The minimum atomic E-state index is -0.555. The highest BCUT2D eigenvalue weighted by molar-refractivity contribution is 5.76. The van der Waals surface area contributed by atoms with Gasteiger partial charge in [0.2, 0.25) is 5.91 Å². The van der Waals surface area contributed by atoms with Crippen LogP contribution in [-0.2, 0) is 23.7 Å². The van der Waals surface area contributed by atoms with Crippen molar-refractivity contribution in [3.05, 3.63) is 0 Å². The highest BCUT2D eigenvalue weighted by Gasteiger charge is 2.51. The van der Waals surface area contributed by atoms with Crippen LogP contribution in [0.3, 0.4) is 0 Å². The van der Waals surface area contributed by atoms with Crippen LogP contribution in [0, 0.1) is 5.92 Å². The molecule has 3 aliphatic heterocycles. The summed E-state index contributed by atoms with van der Waals surface area (Å²) < 4.78 is 22.0. The van der Waals surface area contributed by atoms with Crippen molar-refractivity contribution >= 4 is 12.0 Å². The summed E-state index contributed by atoms with van der Waals surface area (Å²) in [4.78, 5) is 23.8. The molecule has 148 valence electrons. The summed E-state index contributed by atoms with van der Waals surface area (Å²) in [5, 5.41) is 5.85. The molecule has 2 amide bonds. The van der Waals surface area contributed by atoms with Gasteiger partial charge in [-0.25, -0.2) is 4.79 Å². The van der Waals surface area contributed by atoms with Crippen molar-refractivity contribution in [2.24, 2.45) is 5.92 Å². The first-order valence-electron chi connectivity index (χ1n) is 9.45. The molecule has 8 heteroatoms. The molecule has 0 bridgehead atoms. The summed E-state index contributed by atoms with van der Waals surface area (Å²) in [5.41, 5.74) is -0.555. The lowest BCUT2D eigenvalue weighted by atomic mass is 9.89. The Balaban J connectivity index is 1.57. The molecule has 0 radical (unpaired) electrons. The molecular weight excluding hydrogens is 340 g/mol. The minimum Gasteiger partial charge on any atom is -0.444 e. The number of rotatable bonds is 5. The van der Waals surface area contributed by atoms with E-state index in [1.165, 1.54) is 0 Å². The zero-order valence-corrected chi connectivity index (χ0v) is 15.8. The average Bonchev–Trinajstić information content (AvgIpc) is 3.11. The number of ether oxygens (including phenoxy) is 4. The third kappa shape index (κ3) is 5.56. The number of alkyl carbamates (subject to hydrolysis) is 1. The van der Waals surface area contributed by atoms with Gasteiger partial charge < -0.3 is 24.3 Å². The maximum atomic E-state index is 12.0. The van der Waals surface area contributed by atoms with Crippen molar-refractivity contribution < 1.29 is 28.5 Å². The molecule has 5 atom stereocenters. The van der Waals surface area contributed by atoms with E-state index in [2.05, 4.69) is 10.6 Å². The fourth-order valence-electron chi connectivity index (χ4n) is 3.64. The molecule has 0 spiro atoms. The SMILES string of the molecule is CC(C)(C)OC(=O)NC1OC1C(CC1CCCCC(=O)N1)C1COCO1. The normalized spacial score (nSPS) is 33.1. The van der Waals surface area contributed by atoms with Gasteiger partial charge in [0.15, 0.2) is 6.23 Å². The Hall–Kier alpha value is -1.38. The second-order valence-corrected chi connectivity index (χ2v) is 8.27. The van der Waals surface area contributed by atoms with E-state index in [-0.39, 0.29) is 43.1 Å². The molecular formula is C18H30N2O6. The number of nitrogens with one attached hydrogen (secondary N) is 2. The largest absolute Gasteiger partial charge is 0.444 e. The first-order valence-corrected chi connectivity index (χ1v) is 9.45.